The van der Waals surface area contributed by atoms with Gasteiger partial charge in [0.2, 0.25) is 0 Å². The van der Waals surface area contributed by atoms with E-state index in [2.05, 4.69) is 41.1 Å². The van der Waals surface area contributed by atoms with E-state index >= 15 is 0 Å². The van der Waals surface area contributed by atoms with Crippen LogP contribution < -0.4 is 5.32 Å². The SMILES string of the molecule is CC(NCCN1CCSCC1)C1CC2C=CC1C2. The molecule has 0 aromatic rings. The molecule has 2 fully saturated rings. The molecule has 2 aliphatic carbocycles. The molecule has 0 radical (unpaired) electrons. The molecule has 3 aliphatic rings. The van der Waals surface area contributed by atoms with Crippen LogP contribution in [0.5, 0.6) is 0 Å². The lowest BCUT2D eigenvalue weighted by Gasteiger charge is -2.29. The van der Waals surface area contributed by atoms with E-state index in [4.69, 9.17) is 0 Å². The molecule has 3 rings (SSSR count). The van der Waals surface area contributed by atoms with Gasteiger partial charge in [-0.3, -0.25) is 0 Å². The van der Waals surface area contributed by atoms with Gasteiger partial charge in [0.25, 0.3) is 0 Å². The lowest BCUT2D eigenvalue weighted by molar-refractivity contribution is 0.274. The highest BCUT2D eigenvalue weighted by molar-refractivity contribution is 7.99. The average molecular weight is 266 g/mol. The van der Waals surface area contributed by atoms with Crippen molar-refractivity contribution < 1.29 is 0 Å². The molecule has 0 amide bonds. The Kier molecular flexibility index (Phi) is 4.32. The number of hydrogen-bond acceptors (Lipinski definition) is 3. The Labute approximate surface area is 116 Å². The first-order valence-electron chi connectivity index (χ1n) is 7.55. The summed E-state index contributed by atoms with van der Waals surface area (Å²) in [7, 11) is 0. The number of nitrogens with zero attached hydrogens (tertiary/aromatic N) is 1. The molecule has 2 bridgehead atoms. The number of hydrogen-bond donors (Lipinski definition) is 1. The molecular formula is C15H26N2S. The van der Waals surface area contributed by atoms with Gasteiger partial charge in [-0.15, -0.1) is 0 Å². The third-order valence-corrected chi connectivity index (χ3v) is 5.91. The molecule has 102 valence electrons. The van der Waals surface area contributed by atoms with E-state index < -0.39 is 0 Å². The fraction of sp³-hybridized carbons (Fsp3) is 0.867. The number of allylic oxidation sites excluding steroid dienone is 2. The van der Waals surface area contributed by atoms with E-state index in [1.807, 2.05) is 0 Å². The summed E-state index contributed by atoms with van der Waals surface area (Å²) in [6.45, 7) is 7.38. The van der Waals surface area contributed by atoms with E-state index in [0.717, 1.165) is 17.8 Å². The minimum Gasteiger partial charge on any atom is -0.313 e. The molecule has 1 aliphatic heterocycles. The lowest BCUT2D eigenvalue weighted by atomic mass is 9.87. The highest BCUT2D eigenvalue weighted by Crippen LogP contribution is 2.44. The predicted octanol–water partition coefficient (Wildman–Crippen LogP) is 2.23. The van der Waals surface area contributed by atoms with Gasteiger partial charge >= 0.3 is 0 Å². The Morgan fingerprint density at radius 2 is 2.11 bits per heavy atom. The Morgan fingerprint density at radius 1 is 1.28 bits per heavy atom. The fourth-order valence-corrected chi connectivity index (χ4v) is 4.80. The first-order valence-corrected chi connectivity index (χ1v) is 8.70. The van der Waals surface area contributed by atoms with Crippen LogP contribution in [0.15, 0.2) is 12.2 Å². The summed E-state index contributed by atoms with van der Waals surface area (Å²) in [5, 5.41) is 3.77. The van der Waals surface area contributed by atoms with Gasteiger partial charge in [-0.1, -0.05) is 12.2 Å². The summed E-state index contributed by atoms with van der Waals surface area (Å²) in [4.78, 5) is 2.61. The highest BCUT2D eigenvalue weighted by atomic mass is 32.2. The third-order valence-electron chi connectivity index (χ3n) is 4.97. The summed E-state index contributed by atoms with van der Waals surface area (Å²) in [6.07, 6.45) is 7.77. The van der Waals surface area contributed by atoms with Crippen LogP contribution >= 0.6 is 11.8 Å². The van der Waals surface area contributed by atoms with Crippen molar-refractivity contribution in [1.29, 1.82) is 0 Å². The van der Waals surface area contributed by atoms with Gasteiger partial charge < -0.3 is 10.2 Å². The smallest absolute Gasteiger partial charge is 0.0108 e. The molecular weight excluding hydrogens is 240 g/mol. The van der Waals surface area contributed by atoms with Crippen molar-refractivity contribution >= 4 is 11.8 Å². The maximum atomic E-state index is 3.77. The second kappa shape index (κ2) is 5.98. The van der Waals surface area contributed by atoms with Crippen LogP contribution in [0.4, 0.5) is 0 Å². The third kappa shape index (κ3) is 2.94. The molecule has 0 aromatic heterocycles. The maximum absolute atomic E-state index is 3.77. The second-order valence-electron chi connectivity index (χ2n) is 6.14. The minimum absolute atomic E-state index is 0.698. The Bertz CT molecular complexity index is 299. The van der Waals surface area contributed by atoms with E-state index in [0.29, 0.717) is 6.04 Å². The van der Waals surface area contributed by atoms with Crippen LogP contribution in [0.1, 0.15) is 19.8 Å². The summed E-state index contributed by atoms with van der Waals surface area (Å²) in [5.41, 5.74) is 0. The normalized spacial score (nSPS) is 37.3. The molecule has 18 heavy (non-hydrogen) atoms. The molecule has 3 heteroatoms. The van der Waals surface area contributed by atoms with Crippen molar-refractivity contribution in [3.63, 3.8) is 0 Å². The fourth-order valence-electron chi connectivity index (χ4n) is 3.82. The van der Waals surface area contributed by atoms with Crippen LogP contribution in [0, 0.1) is 17.8 Å². The standard InChI is InChI=1S/C15H26N2S/c1-12(15-11-13-2-3-14(15)10-13)16-4-5-17-6-8-18-9-7-17/h2-3,12-16H,4-11H2,1H3. The van der Waals surface area contributed by atoms with Gasteiger partial charge in [-0.25, -0.2) is 0 Å². The number of fused-ring (bicyclic) bond motifs is 2. The molecule has 1 saturated carbocycles. The molecule has 1 saturated heterocycles. The lowest BCUT2D eigenvalue weighted by Crippen LogP contribution is -2.42. The number of nitrogens with one attached hydrogen (secondary N) is 1. The van der Waals surface area contributed by atoms with E-state index in [1.54, 1.807) is 0 Å². The van der Waals surface area contributed by atoms with E-state index in [1.165, 1.54) is 50.5 Å². The molecule has 2 nitrogen and oxygen atoms in total. The predicted molar refractivity (Wildman–Crippen MR) is 80.1 cm³/mol. The highest BCUT2D eigenvalue weighted by Gasteiger charge is 2.38. The van der Waals surface area contributed by atoms with E-state index in [-0.39, 0.29) is 0 Å². The minimum atomic E-state index is 0.698. The van der Waals surface area contributed by atoms with Crippen molar-refractivity contribution in [2.45, 2.75) is 25.8 Å². The van der Waals surface area contributed by atoms with Crippen molar-refractivity contribution in [2.75, 3.05) is 37.7 Å². The number of thioether (sulfide) groups is 1. The van der Waals surface area contributed by atoms with Crippen molar-refractivity contribution in [3.05, 3.63) is 12.2 Å². The van der Waals surface area contributed by atoms with Crippen molar-refractivity contribution in [2.24, 2.45) is 17.8 Å². The molecule has 1 N–H and O–H groups in total. The zero-order valence-corrected chi connectivity index (χ0v) is 12.3. The van der Waals surface area contributed by atoms with Crippen molar-refractivity contribution in [3.8, 4) is 0 Å². The zero-order chi connectivity index (χ0) is 12.4. The monoisotopic (exact) mass is 266 g/mol. The first kappa shape index (κ1) is 13.0. The molecule has 0 aromatic carbocycles. The Hall–Kier alpha value is 0.01000. The van der Waals surface area contributed by atoms with Gasteiger partial charge in [0, 0.05) is 43.7 Å². The molecule has 4 unspecified atom stereocenters. The number of rotatable bonds is 5. The van der Waals surface area contributed by atoms with Gasteiger partial charge in [-0.05, 0) is 37.5 Å². The van der Waals surface area contributed by atoms with Crippen LogP contribution in [0.3, 0.4) is 0 Å². The molecule has 1 heterocycles. The zero-order valence-electron chi connectivity index (χ0n) is 11.5. The quantitative estimate of drug-likeness (QED) is 0.768. The summed E-state index contributed by atoms with van der Waals surface area (Å²) in [5.74, 6) is 5.34. The molecule has 0 spiro atoms. The summed E-state index contributed by atoms with van der Waals surface area (Å²) < 4.78 is 0. The average Bonchev–Trinajstić information content (AvgIpc) is 3.02. The van der Waals surface area contributed by atoms with Crippen LogP contribution in [0.25, 0.3) is 0 Å². The maximum Gasteiger partial charge on any atom is 0.0108 e. The summed E-state index contributed by atoms with van der Waals surface area (Å²) in [6, 6.07) is 0.698. The van der Waals surface area contributed by atoms with E-state index in [9.17, 15) is 0 Å². The Balaban J connectivity index is 1.36. The molecule has 4 atom stereocenters. The summed E-state index contributed by atoms with van der Waals surface area (Å²) >= 11 is 2.10. The van der Waals surface area contributed by atoms with Crippen LogP contribution in [-0.4, -0.2) is 48.6 Å². The van der Waals surface area contributed by atoms with Crippen LogP contribution in [-0.2, 0) is 0 Å². The van der Waals surface area contributed by atoms with Gasteiger partial charge in [0.05, 0.1) is 0 Å². The first-order chi connectivity index (χ1) is 8.83. The largest absolute Gasteiger partial charge is 0.313 e. The topological polar surface area (TPSA) is 15.3 Å². The Morgan fingerprint density at radius 3 is 2.78 bits per heavy atom. The van der Waals surface area contributed by atoms with Gasteiger partial charge in [-0.2, -0.15) is 11.8 Å². The van der Waals surface area contributed by atoms with Gasteiger partial charge in [0.1, 0.15) is 0 Å². The van der Waals surface area contributed by atoms with Crippen LogP contribution in [0.2, 0.25) is 0 Å². The second-order valence-corrected chi connectivity index (χ2v) is 7.37. The van der Waals surface area contributed by atoms with Crippen molar-refractivity contribution in [1.82, 2.24) is 10.2 Å². The van der Waals surface area contributed by atoms with Gasteiger partial charge in [0.15, 0.2) is 0 Å².